The molecule has 34 heavy (non-hydrogen) atoms. The molecule has 2 unspecified atom stereocenters. The summed E-state index contributed by atoms with van der Waals surface area (Å²) in [6, 6.07) is 5.74. The molecule has 186 valence electrons. The van der Waals surface area contributed by atoms with E-state index in [4.69, 9.17) is 0 Å². The van der Waals surface area contributed by atoms with Gasteiger partial charge in [-0.15, -0.1) is 13.2 Å². The second kappa shape index (κ2) is 8.41. The van der Waals surface area contributed by atoms with Gasteiger partial charge in [0.25, 0.3) is 0 Å². The van der Waals surface area contributed by atoms with E-state index < -0.39 is 34.6 Å². The lowest BCUT2D eigenvalue weighted by atomic mass is 10.0. The summed E-state index contributed by atoms with van der Waals surface area (Å²) in [4.78, 5) is 11.7. The number of aromatic carboxylic acids is 1. The van der Waals surface area contributed by atoms with Gasteiger partial charge in [0.05, 0.1) is 10.5 Å². The average molecular weight is 499 g/mol. The van der Waals surface area contributed by atoms with Crippen molar-refractivity contribution in [1.29, 1.82) is 0 Å². The van der Waals surface area contributed by atoms with Crippen LogP contribution in [0, 0.1) is 12.3 Å². The maximum atomic E-state index is 13.2. The Hall–Kier alpha value is -2.33. The number of nitrogens with one attached hydrogen (secondary N) is 1. The molecule has 2 aromatic rings. The highest BCUT2D eigenvalue weighted by Gasteiger charge is 2.57. The van der Waals surface area contributed by atoms with Gasteiger partial charge in [0, 0.05) is 28.5 Å². The van der Waals surface area contributed by atoms with E-state index in [1.54, 1.807) is 33.8 Å². The number of hydrogen-bond donors (Lipinski definition) is 2. The zero-order valence-electron chi connectivity index (χ0n) is 19.6. The van der Waals surface area contributed by atoms with E-state index in [1.165, 1.54) is 18.2 Å². The summed E-state index contributed by atoms with van der Waals surface area (Å²) < 4.78 is 61.5. The van der Waals surface area contributed by atoms with Gasteiger partial charge in [0.1, 0.15) is 16.7 Å². The first-order valence-corrected chi connectivity index (χ1v) is 12.4. The summed E-state index contributed by atoms with van der Waals surface area (Å²) in [5, 5.41) is 9.71. The first-order chi connectivity index (χ1) is 15.7. The van der Waals surface area contributed by atoms with Gasteiger partial charge in [0.15, 0.2) is 0 Å². The van der Waals surface area contributed by atoms with Crippen LogP contribution in [0.4, 0.5) is 13.2 Å². The molecule has 6 nitrogen and oxygen atoms in total. The zero-order chi connectivity index (χ0) is 25.1. The van der Waals surface area contributed by atoms with Gasteiger partial charge >= 0.3 is 12.3 Å². The lowest BCUT2D eigenvalue weighted by molar-refractivity contribution is -0.275. The number of rotatable bonds is 6. The SMILES string of the molecule is Cc1c(C(=O)O)cc(-c2ccc(S(=O)NC(C)(C)C)c(OC(F)(F)F)c2)n1C1CC12CCCC2. The minimum absolute atomic E-state index is 0.112. The molecule has 2 fully saturated rings. The van der Waals surface area contributed by atoms with Crippen LogP contribution in [0.2, 0.25) is 0 Å². The molecule has 1 aromatic heterocycles. The Morgan fingerprint density at radius 3 is 2.41 bits per heavy atom. The van der Waals surface area contributed by atoms with Crippen LogP contribution in [0.5, 0.6) is 5.75 Å². The number of nitrogens with zero attached hydrogens (tertiary/aromatic N) is 1. The van der Waals surface area contributed by atoms with Crippen LogP contribution in [0.1, 0.15) is 75.0 Å². The largest absolute Gasteiger partial charge is 0.573 e. The van der Waals surface area contributed by atoms with Gasteiger partial charge in [-0.3, -0.25) is 0 Å². The highest BCUT2D eigenvalue weighted by molar-refractivity contribution is 7.83. The Morgan fingerprint density at radius 2 is 1.85 bits per heavy atom. The number of ether oxygens (including phenoxy) is 1. The molecule has 4 rings (SSSR count). The van der Waals surface area contributed by atoms with Crippen LogP contribution in [0.3, 0.4) is 0 Å². The smallest absolute Gasteiger partial charge is 0.478 e. The predicted molar refractivity (Wildman–Crippen MR) is 122 cm³/mol. The number of halogens is 3. The van der Waals surface area contributed by atoms with Gasteiger partial charge in [-0.2, -0.15) is 0 Å². The molecule has 1 heterocycles. The van der Waals surface area contributed by atoms with Crippen LogP contribution >= 0.6 is 0 Å². The van der Waals surface area contributed by atoms with E-state index in [2.05, 4.69) is 9.46 Å². The fourth-order valence-corrected chi connectivity index (χ4v) is 6.27. The molecule has 2 aliphatic carbocycles. The highest BCUT2D eigenvalue weighted by Crippen LogP contribution is 2.66. The van der Waals surface area contributed by atoms with Gasteiger partial charge in [-0.1, -0.05) is 18.9 Å². The van der Waals surface area contributed by atoms with Gasteiger partial charge in [-0.05, 0) is 70.6 Å². The maximum Gasteiger partial charge on any atom is 0.573 e. The number of benzene rings is 1. The second-order valence-electron chi connectivity index (χ2n) is 10.3. The third-order valence-electron chi connectivity index (χ3n) is 6.64. The molecular formula is C24H29F3N2O4S. The van der Waals surface area contributed by atoms with Gasteiger partial charge in [0.2, 0.25) is 0 Å². The van der Waals surface area contributed by atoms with Crippen LogP contribution < -0.4 is 9.46 Å². The normalized spacial score (nSPS) is 20.5. The molecular weight excluding hydrogens is 469 g/mol. The Kier molecular flexibility index (Phi) is 6.13. The molecule has 2 N–H and O–H groups in total. The van der Waals surface area contributed by atoms with E-state index in [0.29, 0.717) is 17.0 Å². The highest BCUT2D eigenvalue weighted by atomic mass is 32.2. The minimum atomic E-state index is -4.98. The van der Waals surface area contributed by atoms with E-state index >= 15 is 0 Å². The summed E-state index contributed by atoms with van der Waals surface area (Å²) >= 11 is 0. The third kappa shape index (κ3) is 4.88. The molecule has 10 heteroatoms. The number of alkyl halides is 3. The van der Waals surface area contributed by atoms with Crippen molar-refractivity contribution >= 4 is 17.0 Å². The van der Waals surface area contributed by atoms with Crippen molar-refractivity contribution in [3.63, 3.8) is 0 Å². The Labute approximate surface area is 199 Å². The monoisotopic (exact) mass is 498 g/mol. The van der Waals surface area contributed by atoms with Crippen LogP contribution in [0.25, 0.3) is 11.3 Å². The lowest BCUT2D eigenvalue weighted by Gasteiger charge is -2.21. The number of hydrogen-bond acceptors (Lipinski definition) is 3. The summed E-state index contributed by atoms with van der Waals surface area (Å²) in [5.41, 5.74) is 1.13. The Balaban J connectivity index is 1.81. The molecule has 0 radical (unpaired) electrons. The number of aromatic nitrogens is 1. The lowest BCUT2D eigenvalue weighted by Crippen LogP contribution is -2.37. The Morgan fingerprint density at radius 1 is 1.21 bits per heavy atom. The molecule has 2 atom stereocenters. The van der Waals surface area contributed by atoms with Gasteiger partial charge in [-0.25, -0.2) is 13.7 Å². The quantitative estimate of drug-likeness (QED) is 0.514. The average Bonchev–Trinajstić information content (AvgIpc) is 3.01. The van der Waals surface area contributed by atoms with Crippen molar-refractivity contribution in [3.8, 4) is 17.0 Å². The topological polar surface area (TPSA) is 80.6 Å². The van der Waals surface area contributed by atoms with Crippen molar-refractivity contribution in [2.24, 2.45) is 5.41 Å². The standard InChI is InChI=1S/C24H29F3N2O4S/c1-14-16(21(30)31)12-17(29(14)20-13-23(20)9-5-6-10-23)15-7-8-19(34(32)28-22(2,3)4)18(11-15)33-24(25,26)27/h7-8,11-12,20,28H,5-6,9-10,13H2,1-4H3,(H,30,31). The predicted octanol–water partition coefficient (Wildman–Crippen LogP) is 5.98. The van der Waals surface area contributed by atoms with Crippen molar-refractivity contribution < 1.29 is 32.0 Å². The van der Waals surface area contributed by atoms with Gasteiger partial charge < -0.3 is 14.4 Å². The molecule has 1 aromatic carbocycles. The second-order valence-corrected chi connectivity index (χ2v) is 11.5. The Bertz CT molecular complexity index is 1140. The molecule has 0 bridgehead atoms. The molecule has 2 saturated carbocycles. The summed E-state index contributed by atoms with van der Waals surface area (Å²) in [6.45, 7) is 6.99. The third-order valence-corrected chi connectivity index (χ3v) is 8.18. The van der Waals surface area contributed by atoms with E-state index in [-0.39, 0.29) is 21.9 Å². The summed E-state index contributed by atoms with van der Waals surface area (Å²) in [6.07, 6.45) is 0.337. The van der Waals surface area contributed by atoms with E-state index in [0.717, 1.165) is 32.1 Å². The molecule has 0 aliphatic heterocycles. The van der Waals surface area contributed by atoms with Crippen LogP contribution in [0.15, 0.2) is 29.2 Å². The number of carbonyl (C=O) groups is 1. The number of carboxylic acid groups (broad SMARTS) is 1. The molecule has 0 amide bonds. The van der Waals surface area contributed by atoms with Crippen molar-refractivity contribution in [2.75, 3.05) is 0 Å². The van der Waals surface area contributed by atoms with Crippen molar-refractivity contribution in [3.05, 3.63) is 35.5 Å². The van der Waals surface area contributed by atoms with Crippen molar-refractivity contribution in [1.82, 2.24) is 9.29 Å². The van der Waals surface area contributed by atoms with E-state index in [1.807, 2.05) is 4.57 Å². The maximum absolute atomic E-state index is 13.2. The fourth-order valence-electron chi connectivity index (χ4n) is 5.13. The molecule has 1 spiro atoms. The first-order valence-electron chi connectivity index (χ1n) is 11.3. The summed E-state index contributed by atoms with van der Waals surface area (Å²) in [5.74, 6) is -1.66. The first kappa shape index (κ1) is 24.8. The number of carboxylic acids is 1. The molecule has 2 aliphatic rings. The zero-order valence-corrected chi connectivity index (χ0v) is 20.4. The van der Waals surface area contributed by atoms with E-state index in [9.17, 15) is 27.3 Å². The van der Waals surface area contributed by atoms with Crippen LogP contribution in [-0.4, -0.2) is 31.8 Å². The summed E-state index contributed by atoms with van der Waals surface area (Å²) in [7, 11) is -1.96. The van der Waals surface area contributed by atoms with Crippen LogP contribution in [-0.2, 0) is 11.0 Å². The molecule has 0 saturated heterocycles. The van der Waals surface area contributed by atoms with Crippen molar-refractivity contribution in [2.45, 2.75) is 82.6 Å². The minimum Gasteiger partial charge on any atom is -0.478 e. The fraction of sp³-hybridized carbons (Fsp3) is 0.542.